The Morgan fingerprint density at radius 2 is 1.85 bits per heavy atom. The van der Waals surface area contributed by atoms with Crippen LogP contribution in [0.2, 0.25) is 5.15 Å². The molecule has 0 aliphatic carbocycles. The van der Waals surface area contributed by atoms with Crippen molar-refractivity contribution >= 4 is 11.6 Å². The third kappa shape index (κ3) is 2.13. The zero-order valence-corrected chi connectivity index (χ0v) is 7.87. The summed E-state index contributed by atoms with van der Waals surface area (Å²) >= 11 is 5.50. The summed E-state index contributed by atoms with van der Waals surface area (Å²) in [5.74, 6) is 0. The minimum atomic E-state index is -4.42. The van der Waals surface area contributed by atoms with Crippen LogP contribution in [0.1, 0.15) is 11.3 Å². The third-order valence-corrected chi connectivity index (χ3v) is 2.00. The van der Waals surface area contributed by atoms with E-state index in [1.807, 2.05) is 0 Å². The van der Waals surface area contributed by atoms with Gasteiger partial charge >= 0.3 is 6.18 Å². The lowest BCUT2D eigenvalue weighted by Gasteiger charge is -2.01. The highest BCUT2D eigenvalue weighted by atomic mass is 35.5. The number of nitrogens with zero attached hydrogens (tertiary/aromatic N) is 2. The van der Waals surface area contributed by atoms with Crippen LogP contribution in [0, 0.1) is 6.92 Å². The van der Waals surface area contributed by atoms with Crippen LogP contribution in [0.4, 0.5) is 13.2 Å². The molecule has 7 heteroatoms. The first-order chi connectivity index (χ1) is 5.34. The Morgan fingerprint density at radius 3 is 2.00 bits per heavy atom. The fourth-order valence-electron chi connectivity index (χ4n) is 0.879. The van der Waals surface area contributed by atoms with Gasteiger partial charge in [0, 0.05) is 12.6 Å². The molecular formula is C6H9ClF3N3. The van der Waals surface area contributed by atoms with Gasteiger partial charge in [0.15, 0.2) is 5.69 Å². The number of alkyl halides is 3. The maximum atomic E-state index is 12.1. The van der Waals surface area contributed by atoms with E-state index in [1.54, 1.807) is 0 Å². The molecule has 76 valence electrons. The number of aromatic nitrogens is 2. The van der Waals surface area contributed by atoms with Crippen LogP contribution >= 0.6 is 11.6 Å². The van der Waals surface area contributed by atoms with Crippen LogP contribution in [-0.4, -0.2) is 9.78 Å². The molecule has 0 aliphatic rings. The Morgan fingerprint density at radius 1 is 1.38 bits per heavy atom. The predicted molar refractivity (Wildman–Crippen MR) is 43.0 cm³/mol. The van der Waals surface area contributed by atoms with Gasteiger partial charge in [-0.25, -0.2) is 0 Å². The zero-order chi connectivity index (χ0) is 9.52. The number of hydrogen-bond acceptors (Lipinski definition) is 2. The maximum Gasteiger partial charge on any atom is 0.435 e. The highest BCUT2D eigenvalue weighted by molar-refractivity contribution is 6.30. The molecule has 0 atom stereocenters. The summed E-state index contributed by atoms with van der Waals surface area (Å²) in [7, 11) is 1.37. The van der Waals surface area contributed by atoms with Crippen LogP contribution in [0.5, 0.6) is 0 Å². The molecule has 0 unspecified atom stereocenters. The molecule has 1 heterocycles. The molecule has 0 aromatic carbocycles. The maximum absolute atomic E-state index is 12.1. The molecule has 0 aliphatic heterocycles. The van der Waals surface area contributed by atoms with Crippen molar-refractivity contribution in [2.75, 3.05) is 0 Å². The minimum absolute atomic E-state index is 0. The van der Waals surface area contributed by atoms with E-state index < -0.39 is 11.9 Å². The Kier molecular flexibility index (Phi) is 3.34. The van der Waals surface area contributed by atoms with Gasteiger partial charge in [-0.15, -0.1) is 0 Å². The van der Waals surface area contributed by atoms with Gasteiger partial charge in [-0.3, -0.25) is 4.68 Å². The van der Waals surface area contributed by atoms with E-state index in [2.05, 4.69) is 5.10 Å². The molecule has 0 fully saturated rings. The Labute approximate surface area is 78.1 Å². The van der Waals surface area contributed by atoms with Crippen molar-refractivity contribution in [3.63, 3.8) is 0 Å². The van der Waals surface area contributed by atoms with Crippen molar-refractivity contribution in [1.82, 2.24) is 15.9 Å². The number of rotatable bonds is 0. The Balaban J connectivity index is 0.00000144. The summed E-state index contributed by atoms with van der Waals surface area (Å²) in [6.07, 6.45) is -4.42. The molecule has 1 rings (SSSR count). The summed E-state index contributed by atoms with van der Waals surface area (Å²) in [6.45, 7) is 1.29. The van der Waals surface area contributed by atoms with E-state index in [1.165, 1.54) is 14.0 Å². The van der Waals surface area contributed by atoms with Crippen LogP contribution < -0.4 is 6.15 Å². The second-order valence-electron chi connectivity index (χ2n) is 2.39. The number of hydrogen-bond donors (Lipinski definition) is 1. The van der Waals surface area contributed by atoms with E-state index in [0.717, 1.165) is 4.68 Å². The topological polar surface area (TPSA) is 52.8 Å². The minimum Gasteiger partial charge on any atom is -0.344 e. The molecule has 3 N–H and O–H groups in total. The van der Waals surface area contributed by atoms with Crippen LogP contribution in [-0.2, 0) is 13.2 Å². The molecule has 0 bridgehead atoms. The van der Waals surface area contributed by atoms with E-state index in [4.69, 9.17) is 11.6 Å². The fraction of sp³-hybridized carbons (Fsp3) is 0.500. The second-order valence-corrected chi connectivity index (χ2v) is 2.74. The quantitative estimate of drug-likeness (QED) is 0.723. The molecule has 13 heavy (non-hydrogen) atoms. The van der Waals surface area contributed by atoms with E-state index in [-0.39, 0.29) is 16.9 Å². The summed E-state index contributed by atoms with van der Waals surface area (Å²) in [4.78, 5) is 0. The number of halogens is 4. The first kappa shape index (κ1) is 12.2. The monoisotopic (exact) mass is 215 g/mol. The number of aryl methyl sites for hydroxylation is 1. The van der Waals surface area contributed by atoms with Crippen molar-refractivity contribution in [3.8, 4) is 0 Å². The Hall–Kier alpha value is -0.750. The molecular weight excluding hydrogens is 207 g/mol. The van der Waals surface area contributed by atoms with Crippen LogP contribution in [0.25, 0.3) is 0 Å². The smallest absolute Gasteiger partial charge is 0.344 e. The largest absolute Gasteiger partial charge is 0.435 e. The summed E-state index contributed by atoms with van der Waals surface area (Å²) in [6, 6.07) is 0. The lowest BCUT2D eigenvalue weighted by molar-refractivity contribution is -0.141. The first-order valence-electron chi connectivity index (χ1n) is 3.10. The average Bonchev–Trinajstić information content (AvgIpc) is 2.15. The van der Waals surface area contributed by atoms with Gasteiger partial charge in [-0.1, -0.05) is 11.6 Å². The van der Waals surface area contributed by atoms with E-state index in [9.17, 15) is 13.2 Å². The zero-order valence-electron chi connectivity index (χ0n) is 7.11. The van der Waals surface area contributed by atoms with Gasteiger partial charge in [0.2, 0.25) is 0 Å². The molecule has 0 saturated carbocycles. The van der Waals surface area contributed by atoms with Gasteiger partial charge in [0.25, 0.3) is 0 Å². The molecule has 1 aromatic heterocycles. The average molecular weight is 216 g/mol. The standard InChI is InChI=1S/C6H6ClF3N2.H3N/c1-3-4(6(8,9)10)11-12(2)5(3)7;/h1-2H3;1H3. The van der Waals surface area contributed by atoms with Gasteiger partial charge in [0.05, 0.1) is 0 Å². The molecule has 1 aromatic rings. The Bertz CT molecular complexity index is 305. The molecule has 0 radical (unpaired) electrons. The first-order valence-corrected chi connectivity index (χ1v) is 3.48. The van der Waals surface area contributed by atoms with E-state index in [0.29, 0.717) is 0 Å². The van der Waals surface area contributed by atoms with Gasteiger partial charge in [-0.05, 0) is 6.92 Å². The highest BCUT2D eigenvalue weighted by Crippen LogP contribution is 2.33. The predicted octanol–water partition coefficient (Wildman–Crippen LogP) is 2.56. The summed E-state index contributed by atoms with van der Waals surface area (Å²) in [5.41, 5.74) is -0.957. The van der Waals surface area contributed by atoms with Gasteiger partial charge in [0.1, 0.15) is 5.15 Å². The van der Waals surface area contributed by atoms with Crippen molar-refractivity contribution in [2.24, 2.45) is 7.05 Å². The summed E-state index contributed by atoms with van der Waals surface area (Å²) < 4.78 is 37.3. The molecule has 0 spiro atoms. The normalized spacial score (nSPS) is 11.2. The van der Waals surface area contributed by atoms with Crippen LogP contribution in [0.3, 0.4) is 0 Å². The van der Waals surface area contributed by atoms with Gasteiger partial charge in [-0.2, -0.15) is 18.3 Å². The second kappa shape index (κ2) is 3.55. The fourth-order valence-corrected chi connectivity index (χ4v) is 1.01. The molecule has 0 saturated heterocycles. The van der Waals surface area contributed by atoms with Gasteiger partial charge < -0.3 is 6.15 Å². The van der Waals surface area contributed by atoms with Crippen LogP contribution in [0.15, 0.2) is 0 Å². The van der Waals surface area contributed by atoms with Crippen molar-refractivity contribution < 1.29 is 13.2 Å². The van der Waals surface area contributed by atoms with Crippen molar-refractivity contribution in [1.29, 1.82) is 0 Å². The molecule has 3 nitrogen and oxygen atoms in total. The van der Waals surface area contributed by atoms with Crippen molar-refractivity contribution in [3.05, 3.63) is 16.4 Å². The molecule has 0 amide bonds. The van der Waals surface area contributed by atoms with Crippen molar-refractivity contribution in [2.45, 2.75) is 13.1 Å². The summed E-state index contributed by atoms with van der Waals surface area (Å²) in [5, 5.41) is 3.26. The SMILES string of the molecule is Cc1c(C(F)(F)F)nn(C)c1Cl.N. The lowest BCUT2D eigenvalue weighted by Crippen LogP contribution is -2.08. The lowest BCUT2D eigenvalue weighted by atomic mass is 10.3. The highest BCUT2D eigenvalue weighted by Gasteiger charge is 2.37. The third-order valence-electron chi connectivity index (χ3n) is 1.47. The van der Waals surface area contributed by atoms with E-state index >= 15 is 0 Å².